The number of imidazole rings is 1. The van der Waals surface area contributed by atoms with Crippen molar-refractivity contribution in [3.05, 3.63) is 18.2 Å². The first-order valence-corrected chi connectivity index (χ1v) is 5.83. The van der Waals surface area contributed by atoms with Gasteiger partial charge < -0.3 is 10.3 Å². The minimum atomic E-state index is -0.259. The van der Waals surface area contributed by atoms with Crippen molar-refractivity contribution >= 4 is 5.91 Å². The van der Waals surface area contributed by atoms with E-state index < -0.39 is 0 Å². The zero-order valence-corrected chi connectivity index (χ0v) is 10.3. The zero-order valence-electron chi connectivity index (χ0n) is 10.3. The van der Waals surface area contributed by atoms with Crippen molar-refractivity contribution in [1.82, 2.24) is 15.3 Å². The Kier molecular flexibility index (Phi) is 4.52. The third-order valence-corrected chi connectivity index (χ3v) is 2.93. The van der Waals surface area contributed by atoms with E-state index in [1.165, 1.54) is 0 Å². The molecule has 0 fully saturated rings. The van der Waals surface area contributed by atoms with Crippen LogP contribution in [0.1, 0.15) is 39.4 Å². The second-order valence-corrected chi connectivity index (χ2v) is 4.63. The summed E-state index contributed by atoms with van der Waals surface area (Å²) in [6.45, 7) is 6.68. The molecular weight excluding hydrogens is 202 g/mol. The van der Waals surface area contributed by atoms with E-state index in [1.807, 2.05) is 27.0 Å². The molecule has 0 unspecified atom stereocenters. The van der Waals surface area contributed by atoms with Gasteiger partial charge in [-0.25, -0.2) is 4.98 Å². The van der Waals surface area contributed by atoms with Crippen molar-refractivity contribution in [1.29, 1.82) is 0 Å². The number of H-pyrrole nitrogens is 1. The van der Waals surface area contributed by atoms with Gasteiger partial charge in [0.2, 0.25) is 5.91 Å². The molecule has 2 N–H and O–H groups in total. The first-order chi connectivity index (χ1) is 7.56. The molecule has 0 saturated carbocycles. The number of carbonyl (C=O) groups is 1. The maximum atomic E-state index is 11.7. The molecule has 1 rings (SSSR count). The van der Waals surface area contributed by atoms with E-state index >= 15 is 0 Å². The molecule has 4 nitrogen and oxygen atoms in total. The highest BCUT2D eigenvalue weighted by molar-refractivity contribution is 5.81. The third kappa shape index (κ3) is 3.68. The van der Waals surface area contributed by atoms with Crippen molar-refractivity contribution in [3.63, 3.8) is 0 Å². The molecule has 0 saturated heterocycles. The summed E-state index contributed by atoms with van der Waals surface area (Å²) in [5, 5.41) is 2.96. The average Bonchev–Trinajstić information content (AvgIpc) is 2.76. The molecule has 0 atom stereocenters. The van der Waals surface area contributed by atoms with E-state index in [4.69, 9.17) is 0 Å². The molecule has 90 valence electrons. The highest BCUT2D eigenvalue weighted by atomic mass is 16.2. The van der Waals surface area contributed by atoms with E-state index in [0.717, 1.165) is 25.1 Å². The van der Waals surface area contributed by atoms with Crippen molar-refractivity contribution in [2.45, 2.75) is 40.0 Å². The Balaban J connectivity index is 2.18. The lowest BCUT2D eigenvalue weighted by molar-refractivity contribution is -0.129. The molecule has 1 amide bonds. The van der Waals surface area contributed by atoms with Crippen LogP contribution in [0, 0.1) is 5.41 Å². The molecular formula is C12H21N3O. The monoisotopic (exact) mass is 223 g/mol. The van der Waals surface area contributed by atoms with Crippen LogP contribution in [0.3, 0.4) is 0 Å². The molecule has 0 aliphatic carbocycles. The lowest BCUT2D eigenvalue weighted by atomic mass is 9.89. The van der Waals surface area contributed by atoms with Crippen LogP contribution >= 0.6 is 0 Å². The maximum absolute atomic E-state index is 11.7. The number of aryl methyl sites for hydroxylation is 1. The molecule has 0 aliphatic heterocycles. The highest BCUT2D eigenvalue weighted by Crippen LogP contribution is 2.19. The number of nitrogens with zero attached hydrogens (tertiary/aromatic N) is 1. The largest absolute Gasteiger partial charge is 0.356 e. The number of hydrogen-bond acceptors (Lipinski definition) is 2. The average molecular weight is 223 g/mol. The lowest BCUT2D eigenvalue weighted by Gasteiger charge is -2.21. The summed E-state index contributed by atoms with van der Waals surface area (Å²) < 4.78 is 0. The summed E-state index contributed by atoms with van der Waals surface area (Å²) in [6.07, 6.45) is 6.21. The highest BCUT2D eigenvalue weighted by Gasteiger charge is 2.24. The standard InChI is InChI=1S/C12H21N3O/c1-4-12(2,3)11(16)15-7-5-6-10-13-8-9-14-10/h8-9H,4-7H2,1-3H3,(H,13,14)(H,15,16). The van der Waals surface area contributed by atoms with Gasteiger partial charge in [-0.15, -0.1) is 0 Å². The van der Waals surface area contributed by atoms with Gasteiger partial charge in [0.05, 0.1) is 0 Å². The quantitative estimate of drug-likeness (QED) is 0.724. The Hall–Kier alpha value is -1.32. The second kappa shape index (κ2) is 5.68. The van der Waals surface area contributed by atoms with Crippen LogP contribution in [-0.2, 0) is 11.2 Å². The number of amides is 1. The molecule has 0 aromatic carbocycles. The van der Waals surface area contributed by atoms with Crippen molar-refractivity contribution < 1.29 is 4.79 Å². The van der Waals surface area contributed by atoms with Gasteiger partial charge in [0.15, 0.2) is 0 Å². The summed E-state index contributed by atoms with van der Waals surface area (Å²) in [4.78, 5) is 18.9. The normalized spacial score (nSPS) is 11.4. The van der Waals surface area contributed by atoms with Crippen LogP contribution < -0.4 is 5.32 Å². The summed E-state index contributed by atoms with van der Waals surface area (Å²) in [7, 11) is 0. The fourth-order valence-electron chi connectivity index (χ4n) is 1.29. The number of rotatable bonds is 6. The van der Waals surface area contributed by atoms with Gasteiger partial charge in [-0.1, -0.05) is 20.8 Å². The van der Waals surface area contributed by atoms with Gasteiger partial charge >= 0.3 is 0 Å². The molecule has 16 heavy (non-hydrogen) atoms. The predicted octanol–water partition coefficient (Wildman–Crippen LogP) is 1.89. The predicted molar refractivity (Wildman–Crippen MR) is 64.0 cm³/mol. The molecule has 4 heteroatoms. The van der Waals surface area contributed by atoms with Crippen LogP contribution in [-0.4, -0.2) is 22.4 Å². The molecule has 1 aromatic rings. The van der Waals surface area contributed by atoms with Gasteiger partial charge in [0.25, 0.3) is 0 Å². The summed E-state index contributed by atoms with van der Waals surface area (Å²) in [5.41, 5.74) is -0.259. The van der Waals surface area contributed by atoms with Gasteiger partial charge in [0, 0.05) is 30.8 Å². The molecule has 0 radical (unpaired) electrons. The molecule has 1 aromatic heterocycles. The third-order valence-electron chi connectivity index (χ3n) is 2.93. The van der Waals surface area contributed by atoms with Crippen LogP contribution in [0.25, 0.3) is 0 Å². The smallest absolute Gasteiger partial charge is 0.225 e. The van der Waals surface area contributed by atoms with E-state index in [0.29, 0.717) is 6.54 Å². The first kappa shape index (κ1) is 12.7. The van der Waals surface area contributed by atoms with E-state index in [1.54, 1.807) is 6.20 Å². The van der Waals surface area contributed by atoms with Crippen LogP contribution in [0.2, 0.25) is 0 Å². The number of carbonyl (C=O) groups excluding carboxylic acids is 1. The minimum Gasteiger partial charge on any atom is -0.356 e. The van der Waals surface area contributed by atoms with Crippen LogP contribution in [0.4, 0.5) is 0 Å². The fourth-order valence-corrected chi connectivity index (χ4v) is 1.29. The Bertz CT molecular complexity index is 317. The maximum Gasteiger partial charge on any atom is 0.225 e. The topological polar surface area (TPSA) is 57.8 Å². The van der Waals surface area contributed by atoms with Gasteiger partial charge in [-0.05, 0) is 12.8 Å². The van der Waals surface area contributed by atoms with Gasteiger partial charge in [-0.3, -0.25) is 4.79 Å². The summed E-state index contributed by atoms with van der Waals surface area (Å²) >= 11 is 0. The number of nitrogens with one attached hydrogen (secondary N) is 2. The number of aromatic nitrogens is 2. The molecule has 0 spiro atoms. The van der Waals surface area contributed by atoms with Crippen LogP contribution in [0.5, 0.6) is 0 Å². The van der Waals surface area contributed by atoms with E-state index in [9.17, 15) is 4.79 Å². The fraction of sp³-hybridized carbons (Fsp3) is 0.667. The van der Waals surface area contributed by atoms with Crippen molar-refractivity contribution in [2.24, 2.45) is 5.41 Å². The SMILES string of the molecule is CCC(C)(C)C(=O)NCCCc1ncc[nH]1. The summed E-state index contributed by atoms with van der Waals surface area (Å²) in [5.74, 6) is 1.11. The van der Waals surface area contributed by atoms with Gasteiger partial charge in [-0.2, -0.15) is 0 Å². The Morgan fingerprint density at radius 1 is 1.56 bits per heavy atom. The lowest BCUT2D eigenvalue weighted by Crippen LogP contribution is -2.37. The second-order valence-electron chi connectivity index (χ2n) is 4.63. The minimum absolute atomic E-state index is 0.134. The Morgan fingerprint density at radius 3 is 2.88 bits per heavy atom. The summed E-state index contributed by atoms with van der Waals surface area (Å²) in [6, 6.07) is 0. The zero-order chi connectivity index (χ0) is 12.0. The molecule has 0 aliphatic rings. The molecule has 0 bridgehead atoms. The van der Waals surface area contributed by atoms with Crippen LogP contribution in [0.15, 0.2) is 12.4 Å². The first-order valence-electron chi connectivity index (χ1n) is 5.83. The molecule has 1 heterocycles. The number of hydrogen-bond donors (Lipinski definition) is 2. The number of aromatic amines is 1. The Morgan fingerprint density at radius 2 is 2.31 bits per heavy atom. The Labute approximate surface area is 96.9 Å². The van der Waals surface area contributed by atoms with E-state index in [2.05, 4.69) is 15.3 Å². The van der Waals surface area contributed by atoms with Gasteiger partial charge in [0.1, 0.15) is 5.82 Å². The van der Waals surface area contributed by atoms with Crippen molar-refractivity contribution in [3.8, 4) is 0 Å². The van der Waals surface area contributed by atoms with E-state index in [-0.39, 0.29) is 11.3 Å². The van der Waals surface area contributed by atoms with Crippen molar-refractivity contribution in [2.75, 3.05) is 6.54 Å².